The minimum atomic E-state index is -0.442. The van der Waals surface area contributed by atoms with Crippen LogP contribution in [0, 0.1) is 6.92 Å². The fraction of sp³-hybridized carbons (Fsp3) is 0.381. The topological polar surface area (TPSA) is 102 Å². The van der Waals surface area contributed by atoms with Crippen LogP contribution in [0.5, 0.6) is 0 Å². The Labute approximate surface area is 169 Å². The molecule has 3 rings (SSSR count). The third-order valence-corrected chi connectivity index (χ3v) is 4.52. The van der Waals surface area contributed by atoms with Crippen molar-refractivity contribution in [3.63, 3.8) is 0 Å². The average Bonchev–Trinajstić information content (AvgIpc) is 3.03. The van der Waals surface area contributed by atoms with E-state index in [1.165, 1.54) is 6.20 Å². The van der Waals surface area contributed by atoms with Crippen molar-refractivity contribution in [2.45, 2.75) is 53.0 Å². The third kappa shape index (κ3) is 4.11. The number of pyridine rings is 2. The molecule has 3 aromatic rings. The fourth-order valence-corrected chi connectivity index (χ4v) is 3.00. The highest BCUT2D eigenvalue weighted by Crippen LogP contribution is 2.28. The maximum atomic E-state index is 13.0. The second-order valence-electron chi connectivity index (χ2n) is 8.27. The van der Waals surface area contributed by atoms with Crippen LogP contribution >= 0.6 is 0 Å². The lowest BCUT2D eigenvalue weighted by Crippen LogP contribution is -2.41. The second-order valence-corrected chi connectivity index (χ2v) is 8.27. The maximum absolute atomic E-state index is 13.0. The number of amides is 2. The van der Waals surface area contributed by atoms with Crippen molar-refractivity contribution < 1.29 is 9.59 Å². The number of aromatic nitrogens is 4. The molecule has 0 aliphatic rings. The molecule has 0 aromatic carbocycles. The van der Waals surface area contributed by atoms with Crippen LogP contribution in [0.2, 0.25) is 0 Å². The molecule has 29 heavy (non-hydrogen) atoms. The molecule has 0 saturated heterocycles. The smallest absolute Gasteiger partial charge is 0.267 e. The number of fused-ring (bicyclic) bond motifs is 1. The minimum absolute atomic E-state index is 0.125. The van der Waals surface area contributed by atoms with Crippen LogP contribution in [0.15, 0.2) is 30.6 Å². The summed E-state index contributed by atoms with van der Waals surface area (Å²) < 4.78 is 1.84. The Morgan fingerprint density at radius 3 is 2.41 bits per heavy atom. The van der Waals surface area contributed by atoms with Crippen LogP contribution in [0.4, 0.5) is 0 Å². The first-order chi connectivity index (χ1) is 13.6. The molecule has 2 amide bonds. The van der Waals surface area contributed by atoms with Crippen LogP contribution < -0.4 is 10.9 Å². The van der Waals surface area contributed by atoms with E-state index in [1.54, 1.807) is 24.4 Å². The van der Waals surface area contributed by atoms with E-state index >= 15 is 0 Å². The molecule has 0 spiro atoms. The highest BCUT2D eigenvalue weighted by Gasteiger charge is 2.25. The monoisotopic (exact) mass is 394 g/mol. The van der Waals surface area contributed by atoms with Gasteiger partial charge in [-0.3, -0.25) is 25.4 Å². The average molecular weight is 394 g/mol. The molecule has 0 aliphatic heterocycles. The summed E-state index contributed by atoms with van der Waals surface area (Å²) in [6, 6.07) is 5.04. The first kappa shape index (κ1) is 20.4. The Morgan fingerprint density at radius 1 is 1.14 bits per heavy atom. The molecule has 0 unspecified atom stereocenters. The number of rotatable bonds is 3. The number of carbonyl (C=O) groups is 2. The van der Waals surface area contributed by atoms with Gasteiger partial charge in [0.2, 0.25) is 0 Å². The Bertz CT molecular complexity index is 1060. The SMILES string of the molecule is Cc1nn(C(C)(C)C)c2nc(C(C)C)cc(C(=O)NNC(=O)c3cccnc3)c12. The molecular weight excluding hydrogens is 368 g/mol. The van der Waals surface area contributed by atoms with Crippen LogP contribution in [-0.4, -0.2) is 31.6 Å². The Kier molecular flexibility index (Phi) is 5.37. The lowest BCUT2D eigenvalue weighted by atomic mass is 10.0. The van der Waals surface area contributed by atoms with Gasteiger partial charge in [0.15, 0.2) is 5.65 Å². The van der Waals surface area contributed by atoms with Crippen molar-refractivity contribution >= 4 is 22.8 Å². The van der Waals surface area contributed by atoms with Gasteiger partial charge in [0.05, 0.1) is 27.7 Å². The van der Waals surface area contributed by atoms with Gasteiger partial charge in [-0.15, -0.1) is 0 Å². The molecule has 3 heterocycles. The number of hydrazine groups is 1. The van der Waals surface area contributed by atoms with Crippen molar-refractivity contribution in [3.8, 4) is 0 Å². The summed E-state index contributed by atoms with van der Waals surface area (Å²) in [5, 5.41) is 5.30. The zero-order valence-corrected chi connectivity index (χ0v) is 17.6. The first-order valence-corrected chi connectivity index (χ1v) is 9.51. The Balaban J connectivity index is 2.00. The lowest BCUT2D eigenvalue weighted by molar-refractivity contribution is 0.0847. The lowest BCUT2D eigenvalue weighted by Gasteiger charge is -2.20. The van der Waals surface area contributed by atoms with Gasteiger partial charge in [-0.1, -0.05) is 13.8 Å². The molecule has 0 bridgehead atoms. The van der Waals surface area contributed by atoms with E-state index in [0.717, 1.165) is 5.69 Å². The van der Waals surface area contributed by atoms with Crippen molar-refractivity contribution in [2.75, 3.05) is 0 Å². The summed E-state index contributed by atoms with van der Waals surface area (Å²) >= 11 is 0. The molecule has 152 valence electrons. The summed E-state index contributed by atoms with van der Waals surface area (Å²) in [5.41, 5.74) is 7.58. The molecule has 8 heteroatoms. The molecule has 8 nitrogen and oxygen atoms in total. The molecule has 0 fully saturated rings. The van der Waals surface area contributed by atoms with Gasteiger partial charge in [-0.2, -0.15) is 5.10 Å². The first-order valence-electron chi connectivity index (χ1n) is 9.51. The van der Waals surface area contributed by atoms with E-state index in [2.05, 4.69) is 20.9 Å². The third-order valence-electron chi connectivity index (χ3n) is 4.52. The zero-order chi connectivity index (χ0) is 21.3. The van der Waals surface area contributed by atoms with Gasteiger partial charge in [0, 0.05) is 18.1 Å². The van der Waals surface area contributed by atoms with Crippen molar-refractivity contribution in [1.29, 1.82) is 0 Å². The molecular formula is C21H26N6O2. The van der Waals surface area contributed by atoms with Crippen molar-refractivity contribution in [1.82, 2.24) is 30.6 Å². The van der Waals surface area contributed by atoms with Gasteiger partial charge in [-0.05, 0) is 51.8 Å². The second kappa shape index (κ2) is 7.62. The summed E-state index contributed by atoms with van der Waals surface area (Å²) in [6.07, 6.45) is 3.01. The van der Waals surface area contributed by atoms with Crippen LogP contribution in [0.1, 0.15) is 72.6 Å². The molecule has 0 saturated carbocycles. The Hall–Kier alpha value is -3.29. The van der Waals surface area contributed by atoms with E-state index in [0.29, 0.717) is 27.9 Å². The quantitative estimate of drug-likeness (QED) is 0.665. The van der Waals surface area contributed by atoms with Crippen molar-refractivity contribution in [3.05, 3.63) is 53.1 Å². The summed E-state index contributed by atoms with van der Waals surface area (Å²) in [6.45, 7) is 12.0. The number of aryl methyl sites for hydroxylation is 1. The van der Waals surface area contributed by atoms with E-state index in [-0.39, 0.29) is 11.5 Å². The molecule has 0 aliphatic carbocycles. The normalized spacial score (nSPS) is 11.7. The van der Waals surface area contributed by atoms with E-state index in [1.807, 2.05) is 46.2 Å². The predicted octanol–water partition coefficient (Wildman–Crippen LogP) is 3.09. The zero-order valence-electron chi connectivity index (χ0n) is 17.6. The van der Waals surface area contributed by atoms with Gasteiger partial charge < -0.3 is 0 Å². The van der Waals surface area contributed by atoms with Gasteiger partial charge in [0.25, 0.3) is 11.8 Å². The van der Waals surface area contributed by atoms with E-state index < -0.39 is 11.8 Å². The van der Waals surface area contributed by atoms with Crippen LogP contribution in [0.25, 0.3) is 11.0 Å². The predicted molar refractivity (Wildman–Crippen MR) is 111 cm³/mol. The highest BCUT2D eigenvalue weighted by atomic mass is 16.2. The van der Waals surface area contributed by atoms with Crippen LogP contribution in [0.3, 0.4) is 0 Å². The van der Waals surface area contributed by atoms with Gasteiger partial charge in [0.1, 0.15) is 0 Å². The highest BCUT2D eigenvalue weighted by molar-refractivity contribution is 6.07. The molecule has 3 aromatic heterocycles. The van der Waals surface area contributed by atoms with Gasteiger partial charge in [-0.25, -0.2) is 9.67 Å². The fourth-order valence-electron chi connectivity index (χ4n) is 3.00. The number of nitrogens with zero attached hydrogens (tertiary/aromatic N) is 4. The summed E-state index contributed by atoms with van der Waals surface area (Å²) in [5.74, 6) is -0.740. The minimum Gasteiger partial charge on any atom is -0.267 e. The van der Waals surface area contributed by atoms with Crippen molar-refractivity contribution in [2.24, 2.45) is 0 Å². The van der Waals surface area contributed by atoms with Crippen LogP contribution in [-0.2, 0) is 5.54 Å². The number of carbonyl (C=O) groups excluding carboxylic acids is 2. The molecule has 2 N–H and O–H groups in total. The van der Waals surface area contributed by atoms with E-state index in [4.69, 9.17) is 4.98 Å². The number of nitrogens with one attached hydrogen (secondary N) is 2. The maximum Gasteiger partial charge on any atom is 0.271 e. The molecule has 0 radical (unpaired) electrons. The summed E-state index contributed by atoms with van der Waals surface area (Å²) in [7, 11) is 0. The largest absolute Gasteiger partial charge is 0.271 e. The Morgan fingerprint density at radius 2 is 1.83 bits per heavy atom. The van der Waals surface area contributed by atoms with Gasteiger partial charge >= 0.3 is 0 Å². The number of hydrogen-bond donors (Lipinski definition) is 2. The number of hydrogen-bond acceptors (Lipinski definition) is 5. The summed E-state index contributed by atoms with van der Waals surface area (Å²) in [4.78, 5) is 33.9. The molecule has 0 atom stereocenters. The van der Waals surface area contributed by atoms with E-state index in [9.17, 15) is 9.59 Å². The standard InChI is InChI=1S/C21H26N6O2/c1-12(2)16-10-15(17-13(3)26-27(18(17)23-16)21(4,5)6)20(29)25-24-19(28)14-8-7-9-22-11-14/h7-12H,1-6H3,(H,24,28)(H,25,29).